The van der Waals surface area contributed by atoms with Crippen LogP contribution in [0.4, 0.5) is 0 Å². The number of rotatable bonds is 5. The zero-order valence-electron chi connectivity index (χ0n) is 20.7. The molecule has 0 bridgehead atoms. The molecule has 0 spiro atoms. The maximum absolute atomic E-state index is 13.0. The number of fused-ring (bicyclic) bond motifs is 2. The van der Waals surface area contributed by atoms with Gasteiger partial charge in [-0.1, -0.05) is 23.8 Å². The fourth-order valence-electron chi connectivity index (χ4n) is 4.56. The molecule has 8 heteroatoms. The van der Waals surface area contributed by atoms with Crippen LogP contribution in [-0.4, -0.2) is 20.2 Å². The van der Waals surface area contributed by atoms with Crippen LogP contribution in [0.5, 0.6) is 23.0 Å². The number of benzene rings is 3. The zero-order valence-corrected chi connectivity index (χ0v) is 20.7. The van der Waals surface area contributed by atoms with E-state index in [4.69, 9.17) is 29.1 Å². The molecule has 0 aliphatic carbocycles. The Hall–Kier alpha value is -4.90. The minimum absolute atomic E-state index is 0.0261. The first kappa shape index (κ1) is 23.8. The summed E-state index contributed by atoms with van der Waals surface area (Å²) >= 11 is 0. The molecule has 0 radical (unpaired) electrons. The summed E-state index contributed by atoms with van der Waals surface area (Å²) in [5.74, 6) is 0.671. The summed E-state index contributed by atoms with van der Waals surface area (Å²) in [6.45, 7) is 3.80. The number of esters is 1. The predicted molar refractivity (Wildman–Crippen MR) is 136 cm³/mol. The van der Waals surface area contributed by atoms with Crippen molar-refractivity contribution in [3.05, 3.63) is 94.1 Å². The van der Waals surface area contributed by atoms with Gasteiger partial charge in [0.2, 0.25) is 11.6 Å². The molecule has 0 saturated carbocycles. The molecule has 0 amide bonds. The second kappa shape index (κ2) is 9.28. The van der Waals surface area contributed by atoms with Crippen molar-refractivity contribution in [2.45, 2.75) is 19.8 Å². The first-order chi connectivity index (χ1) is 17.8. The van der Waals surface area contributed by atoms with Crippen LogP contribution in [-0.2, 0) is 0 Å². The second-order valence-corrected chi connectivity index (χ2v) is 8.68. The third-order valence-electron chi connectivity index (χ3n) is 6.42. The van der Waals surface area contributed by atoms with E-state index in [-0.39, 0.29) is 23.0 Å². The lowest BCUT2D eigenvalue weighted by Gasteiger charge is -2.27. The zero-order chi connectivity index (χ0) is 26.3. The quantitative estimate of drug-likeness (QED) is 0.284. The van der Waals surface area contributed by atoms with Gasteiger partial charge in [0.25, 0.3) is 0 Å². The third-order valence-corrected chi connectivity index (χ3v) is 6.42. The molecule has 1 unspecified atom stereocenters. The van der Waals surface area contributed by atoms with Gasteiger partial charge in [-0.05, 0) is 49.7 Å². The van der Waals surface area contributed by atoms with Gasteiger partial charge in [-0.25, -0.2) is 4.79 Å². The molecule has 186 valence electrons. The minimum Gasteiger partial charge on any atom is -0.493 e. The molecule has 3 aromatic carbocycles. The Kier molecular flexibility index (Phi) is 5.98. The maximum atomic E-state index is 13.0. The number of carbonyl (C=O) groups excluding carboxylic acids is 1. The Labute approximate surface area is 213 Å². The van der Waals surface area contributed by atoms with E-state index in [1.807, 2.05) is 38.1 Å². The first-order valence-electron chi connectivity index (χ1n) is 11.5. The van der Waals surface area contributed by atoms with Crippen molar-refractivity contribution in [1.29, 1.82) is 5.26 Å². The van der Waals surface area contributed by atoms with Gasteiger partial charge in [-0.15, -0.1) is 0 Å². The normalized spacial score (nSPS) is 14.5. The highest BCUT2D eigenvalue weighted by Crippen LogP contribution is 2.45. The van der Waals surface area contributed by atoms with Gasteiger partial charge in [0, 0.05) is 22.6 Å². The van der Waals surface area contributed by atoms with Gasteiger partial charge in [0.05, 0.1) is 20.1 Å². The number of hydrogen-bond acceptors (Lipinski definition) is 8. The number of methoxy groups -OCH3 is 2. The van der Waals surface area contributed by atoms with Crippen molar-refractivity contribution in [2.24, 2.45) is 5.73 Å². The largest absolute Gasteiger partial charge is 0.493 e. The lowest BCUT2D eigenvalue weighted by atomic mass is 9.83. The Morgan fingerprint density at radius 2 is 1.78 bits per heavy atom. The summed E-state index contributed by atoms with van der Waals surface area (Å²) in [6, 6.07) is 18.2. The van der Waals surface area contributed by atoms with Crippen LogP contribution in [0.25, 0.3) is 11.0 Å². The summed E-state index contributed by atoms with van der Waals surface area (Å²) in [5, 5.41) is 10.7. The molecule has 1 aliphatic heterocycles. The molecular weight excluding hydrogens is 472 g/mol. The van der Waals surface area contributed by atoms with Gasteiger partial charge < -0.3 is 29.1 Å². The number of furan rings is 1. The molecule has 4 aromatic rings. The van der Waals surface area contributed by atoms with Gasteiger partial charge in [-0.2, -0.15) is 5.26 Å². The van der Waals surface area contributed by atoms with Crippen molar-refractivity contribution in [2.75, 3.05) is 14.2 Å². The van der Waals surface area contributed by atoms with Crippen molar-refractivity contribution >= 4 is 16.9 Å². The number of nitrogens with zero attached hydrogens (tertiary/aromatic N) is 1. The summed E-state index contributed by atoms with van der Waals surface area (Å²) in [6.07, 6.45) is 0. The van der Waals surface area contributed by atoms with Crippen LogP contribution < -0.4 is 24.7 Å². The van der Waals surface area contributed by atoms with E-state index in [0.717, 1.165) is 16.5 Å². The van der Waals surface area contributed by atoms with Crippen molar-refractivity contribution in [3.8, 4) is 29.1 Å². The van der Waals surface area contributed by atoms with Crippen LogP contribution in [0.2, 0.25) is 0 Å². The third kappa shape index (κ3) is 4.10. The highest BCUT2D eigenvalue weighted by atomic mass is 16.5. The summed E-state index contributed by atoms with van der Waals surface area (Å²) in [7, 11) is 3.09. The number of hydrogen-bond donors (Lipinski definition) is 1. The molecule has 5 rings (SSSR count). The topological polar surface area (TPSA) is 117 Å². The Bertz CT molecular complexity index is 1630. The molecule has 1 atom stereocenters. The number of allylic oxidation sites excluding steroid dienone is 1. The Morgan fingerprint density at radius 1 is 1.00 bits per heavy atom. The van der Waals surface area contributed by atoms with Crippen LogP contribution in [0.15, 0.2) is 70.5 Å². The Balaban J connectivity index is 1.50. The smallest absolute Gasteiger partial charge is 0.379 e. The van der Waals surface area contributed by atoms with Gasteiger partial charge in [0.15, 0.2) is 11.5 Å². The van der Waals surface area contributed by atoms with Gasteiger partial charge in [0.1, 0.15) is 28.7 Å². The van der Waals surface area contributed by atoms with E-state index in [9.17, 15) is 10.1 Å². The molecule has 0 fully saturated rings. The lowest BCUT2D eigenvalue weighted by molar-refractivity contribution is 0.0702. The number of carbonyl (C=O) groups is 1. The maximum Gasteiger partial charge on any atom is 0.379 e. The van der Waals surface area contributed by atoms with Crippen LogP contribution in [0, 0.1) is 25.2 Å². The molecule has 8 nitrogen and oxygen atoms in total. The molecule has 2 N–H and O–H groups in total. The SMILES string of the molecule is COc1ccc(C2C(C#N)=C(N)Oc3cc(OC(=O)c4oc5ccc(C)cc5c4C)ccc32)cc1OC. The number of nitrogens with two attached hydrogens (primary N) is 1. The summed E-state index contributed by atoms with van der Waals surface area (Å²) in [4.78, 5) is 13.0. The minimum atomic E-state index is -0.625. The monoisotopic (exact) mass is 496 g/mol. The molecule has 1 aliphatic rings. The van der Waals surface area contributed by atoms with E-state index in [2.05, 4.69) is 6.07 Å². The highest BCUT2D eigenvalue weighted by molar-refractivity contribution is 5.97. The van der Waals surface area contributed by atoms with Crippen molar-refractivity contribution < 1.29 is 28.2 Å². The molecule has 37 heavy (non-hydrogen) atoms. The molecule has 2 heterocycles. The second-order valence-electron chi connectivity index (χ2n) is 8.68. The van der Waals surface area contributed by atoms with Crippen LogP contribution in [0.3, 0.4) is 0 Å². The summed E-state index contributed by atoms with van der Waals surface area (Å²) < 4.78 is 27.9. The molecule has 0 saturated heterocycles. The average molecular weight is 497 g/mol. The van der Waals surface area contributed by atoms with E-state index >= 15 is 0 Å². The fraction of sp³-hybridized carbons (Fsp3) is 0.172. The predicted octanol–water partition coefficient (Wildman–Crippen LogP) is 5.50. The Morgan fingerprint density at radius 3 is 2.51 bits per heavy atom. The van der Waals surface area contributed by atoms with E-state index < -0.39 is 11.9 Å². The molecule has 1 aromatic heterocycles. The molecular formula is C29H24N2O6. The van der Waals surface area contributed by atoms with Crippen molar-refractivity contribution in [1.82, 2.24) is 0 Å². The first-order valence-corrected chi connectivity index (χ1v) is 11.5. The summed E-state index contributed by atoms with van der Waals surface area (Å²) in [5.41, 5.74) is 10.2. The van der Waals surface area contributed by atoms with Crippen LogP contribution >= 0.6 is 0 Å². The van der Waals surface area contributed by atoms with Crippen molar-refractivity contribution in [3.63, 3.8) is 0 Å². The van der Waals surface area contributed by atoms with E-state index in [0.29, 0.717) is 34.0 Å². The number of aryl methyl sites for hydroxylation is 2. The van der Waals surface area contributed by atoms with E-state index in [1.165, 1.54) is 0 Å². The van der Waals surface area contributed by atoms with E-state index in [1.54, 1.807) is 44.6 Å². The van der Waals surface area contributed by atoms with Crippen LogP contribution in [0.1, 0.15) is 38.7 Å². The lowest BCUT2D eigenvalue weighted by Crippen LogP contribution is -2.21. The van der Waals surface area contributed by atoms with Gasteiger partial charge >= 0.3 is 5.97 Å². The highest BCUT2D eigenvalue weighted by Gasteiger charge is 2.32. The average Bonchev–Trinajstić information content (AvgIpc) is 3.23. The number of nitriles is 1. The fourth-order valence-corrected chi connectivity index (χ4v) is 4.56. The van der Waals surface area contributed by atoms with Gasteiger partial charge in [-0.3, -0.25) is 0 Å². The number of ether oxygens (including phenoxy) is 4. The standard InChI is InChI=1S/C29H24N2O6/c1-15-5-9-22-20(11-15)16(2)27(36-22)29(32)35-18-7-8-19-24(13-18)37-28(31)21(14-30)26(19)17-6-10-23(33-3)25(12-17)34-4/h5-13,26H,31H2,1-4H3.